The molecule has 2 aromatic heterocycles. The van der Waals surface area contributed by atoms with Crippen molar-refractivity contribution in [3.05, 3.63) is 87.6 Å². The van der Waals surface area contributed by atoms with Crippen LogP contribution in [-0.4, -0.2) is 44.0 Å². The molecule has 9 heteroatoms. The summed E-state index contributed by atoms with van der Waals surface area (Å²) in [6.45, 7) is 3.44. The summed E-state index contributed by atoms with van der Waals surface area (Å²) in [6, 6.07) is 16.4. The molecule has 2 aliphatic heterocycles. The van der Waals surface area contributed by atoms with Crippen LogP contribution in [-0.2, 0) is 22.4 Å². The van der Waals surface area contributed by atoms with Gasteiger partial charge in [-0.2, -0.15) is 15.2 Å². The number of carbonyl (C=O) groups is 1. The van der Waals surface area contributed by atoms with Crippen molar-refractivity contribution in [1.29, 1.82) is 0 Å². The zero-order valence-corrected chi connectivity index (χ0v) is 22.8. The highest BCUT2D eigenvalue weighted by Gasteiger charge is 2.26. The molecule has 0 aliphatic carbocycles. The zero-order valence-electron chi connectivity index (χ0n) is 22.8. The average molecular weight is 539 g/mol. The number of nitrogens with one attached hydrogen (secondary N) is 1. The van der Waals surface area contributed by atoms with Crippen LogP contribution in [0.4, 0.5) is 0 Å². The lowest BCUT2D eigenvalue weighted by Crippen LogP contribution is -2.34. The highest BCUT2D eigenvalue weighted by Crippen LogP contribution is 2.29. The lowest BCUT2D eigenvalue weighted by atomic mass is 9.91. The van der Waals surface area contributed by atoms with Crippen molar-refractivity contribution in [3.63, 3.8) is 0 Å². The van der Waals surface area contributed by atoms with Crippen LogP contribution < -0.4 is 11.0 Å². The van der Waals surface area contributed by atoms with E-state index in [2.05, 4.69) is 57.9 Å². The Hall–Kier alpha value is -4.11. The molecular weight excluding hydrogens is 504 g/mol. The van der Waals surface area contributed by atoms with Crippen molar-refractivity contribution in [1.82, 2.24) is 24.6 Å². The van der Waals surface area contributed by atoms with E-state index in [0.29, 0.717) is 31.1 Å². The van der Waals surface area contributed by atoms with Crippen molar-refractivity contribution in [2.45, 2.75) is 64.3 Å². The number of ether oxygens (including phenoxy) is 1. The van der Waals surface area contributed by atoms with Crippen LogP contribution in [0.2, 0.25) is 0 Å². The second kappa shape index (κ2) is 11.6. The number of hydrogen-bond donors (Lipinski definition) is 1. The standard InChI is InChI=1S/C31H34N6O3/c1-2-3-5-10-28-26(30(39)36(23-13-15-40-16-14-23)31-32-20-33-37(28)31)18-21-11-12-24(22-8-6-4-7-9-22)25(17-21)27-19-29(38)35-34-27/h4,6-9,11-12,17,20,23H,2-3,5,10,13-16,18-19H2,1H3,(H,35,38). The van der Waals surface area contributed by atoms with Crippen molar-refractivity contribution in [2.24, 2.45) is 5.10 Å². The van der Waals surface area contributed by atoms with Gasteiger partial charge in [0.2, 0.25) is 11.7 Å². The topological polar surface area (TPSA) is 103 Å². The fourth-order valence-electron chi connectivity index (χ4n) is 5.86. The fourth-order valence-corrected chi connectivity index (χ4v) is 5.86. The first-order valence-electron chi connectivity index (χ1n) is 14.2. The minimum atomic E-state index is -0.117. The summed E-state index contributed by atoms with van der Waals surface area (Å²) >= 11 is 0. The SMILES string of the molecule is CCCCCc1c(Cc2ccc(-c3ccccc3)c(C3=NNC(=O)C3)c2)c(=O)n(C2CCOCC2)c2ncnn12. The molecule has 0 unspecified atom stereocenters. The van der Waals surface area contributed by atoms with Gasteiger partial charge in [-0.05, 0) is 48.4 Å². The molecule has 1 saturated heterocycles. The van der Waals surface area contributed by atoms with Crippen LogP contribution in [0, 0.1) is 0 Å². The number of benzene rings is 2. The van der Waals surface area contributed by atoms with Crippen LogP contribution in [0.5, 0.6) is 0 Å². The molecule has 1 N–H and O–H groups in total. The molecule has 9 nitrogen and oxygen atoms in total. The second-order valence-corrected chi connectivity index (χ2v) is 10.6. The molecule has 1 amide bonds. The lowest BCUT2D eigenvalue weighted by Gasteiger charge is -2.26. The van der Waals surface area contributed by atoms with E-state index in [4.69, 9.17) is 4.74 Å². The smallest absolute Gasteiger partial charge is 0.259 e. The molecule has 2 aliphatic rings. The number of hydrogen-bond acceptors (Lipinski definition) is 6. The Kier molecular flexibility index (Phi) is 7.55. The number of carbonyl (C=O) groups excluding carboxylic acids is 1. The Bertz CT molecular complexity index is 1620. The van der Waals surface area contributed by atoms with Gasteiger partial charge in [-0.25, -0.2) is 9.94 Å². The largest absolute Gasteiger partial charge is 0.381 e. The van der Waals surface area contributed by atoms with Gasteiger partial charge in [0.1, 0.15) is 6.33 Å². The summed E-state index contributed by atoms with van der Waals surface area (Å²) in [6.07, 6.45) is 7.68. The van der Waals surface area contributed by atoms with E-state index in [0.717, 1.165) is 72.0 Å². The van der Waals surface area contributed by atoms with Crippen LogP contribution in [0.15, 0.2) is 64.8 Å². The third-order valence-corrected chi connectivity index (χ3v) is 7.90. The first-order valence-corrected chi connectivity index (χ1v) is 14.2. The minimum Gasteiger partial charge on any atom is -0.381 e. The maximum atomic E-state index is 14.3. The summed E-state index contributed by atoms with van der Waals surface area (Å²) in [5.74, 6) is 0.491. The Labute approximate surface area is 232 Å². The molecule has 2 aromatic carbocycles. The first kappa shape index (κ1) is 26.1. The highest BCUT2D eigenvalue weighted by molar-refractivity contribution is 6.16. The normalized spacial score (nSPS) is 15.9. The zero-order chi connectivity index (χ0) is 27.5. The first-order chi connectivity index (χ1) is 19.6. The van der Waals surface area contributed by atoms with Crippen molar-refractivity contribution in [3.8, 4) is 11.1 Å². The number of unbranched alkanes of at least 4 members (excludes halogenated alkanes) is 2. The third kappa shape index (κ3) is 5.09. The summed E-state index contributed by atoms with van der Waals surface area (Å²) in [4.78, 5) is 30.9. The second-order valence-electron chi connectivity index (χ2n) is 10.6. The van der Waals surface area contributed by atoms with Crippen LogP contribution >= 0.6 is 0 Å². The van der Waals surface area contributed by atoms with Gasteiger partial charge in [-0.3, -0.25) is 14.2 Å². The molecule has 4 aromatic rings. The average Bonchev–Trinajstić information content (AvgIpc) is 3.65. The molecule has 40 heavy (non-hydrogen) atoms. The maximum Gasteiger partial charge on any atom is 0.259 e. The Morgan fingerprint density at radius 2 is 1.85 bits per heavy atom. The van der Waals surface area contributed by atoms with Crippen LogP contribution in [0.3, 0.4) is 0 Å². The predicted molar refractivity (Wildman–Crippen MR) is 154 cm³/mol. The summed E-state index contributed by atoms with van der Waals surface area (Å²) < 4.78 is 9.31. The quantitative estimate of drug-likeness (QED) is 0.317. The number of aromatic nitrogens is 4. The minimum absolute atomic E-state index is 0.00244. The van der Waals surface area contributed by atoms with Crippen LogP contribution in [0.1, 0.15) is 73.9 Å². The number of nitrogens with zero attached hydrogens (tertiary/aromatic N) is 5. The molecule has 0 radical (unpaired) electrons. The predicted octanol–water partition coefficient (Wildman–Crippen LogP) is 4.46. The van der Waals surface area contributed by atoms with Gasteiger partial charge in [0.05, 0.1) is 17.8 Å². The number of fused-ring (bicyclic) bond motifs is 1. The molecule has 0 spiro atoms. The molecular formula is C31H34N6O3. The van der Waals surface area contributed by atoms with Gasteiger partial charge < -0.3 is 4.74 Å². The number of rotatable bonds is 9. The van der Waals surface area contributed by atoms with Crippen LogP contribution in [0.25, 0.3) is 16.9 Å². The van der Waals surface area contributed by atoms with Gasteiger partial charge in [-0.15, -0.1) is 0 Å². The van der Waals surface area contributed by atoms with E-state index in [1.165, 1.54) is 0 Å². The number of hydrazone groups is 1. The molecule has 0 atom stereocenters. The maximum absolute atomic E-state index is 14.3. The molecule has 6 rings (SSSR count). The van der Waals surface area contributed by atoms with Crippen molar-refractivity contribution in [2.75, 3.05) is 13.2 Å². The molecule has 1 fully saturated rings. The monoisotopic (exact) mass is 538 g/mol. The van der Waals surface area contributed by atoms with E-state index in [9.17, 15) is 9.59 Å². The third-order valence-electron chi connectivity index (χ3n) is 7.90. The Morgan fingerprint density at radius 1 is 1.02 bits per heavy atom. The van der Waals surface area contributed by atoms with Gasteiger partial charge in [0.25, 0.3) is 5.56 Å². The van der Waals surface area contributed by atoms with E-state index in [-0.39, 0.29) is 23.9 Å². The summed E-state index contributed by atoms with van der Waals surface area (Å²) in [7, 11) is 0. The fraction of sp³-hybridized carbons (Fsp3) is 0.387. The molecule has 0 bridgehead atoms. The van der Waals surface area contributed by atoms with Gasteiger partial charge in [0.15, 0.2) is 0 Å². The lowest BCUT2D eigenvalue weighted by molar-refractivity contribution is -0.119. The van der Waals surface area contributed by atoms with Crippen molar-refractivity contribution < 1.29 is 9.53 Å². The Morgan fingerprint density at radius 3 is 2.60 bits per heavy atom. The number of aryl methyl sites for hydroxylation is 1. The van der Waals surface area contributed by atoms with E-state index >= 15 is 0 Å². The highest BCUT2D eigenvalue weighted by atomic mass is 16.5. The number of amides is 1. The van der Waals surface area contributed by atoms with E-state index < -0.39 is 0 Å². The summed E-state index contributed by atoms with van der Waals surface area (Å²) in [5.41, 5.74) is 8.94. The van der Waals surface area contributed by atoms with E-state index in [1.54, 1.807) is 6.33 Å². The molecule has 206 valence electrons. The van der Waals surface area contributed by atoms with Gasteiger partial charge in [-0.1, -0.05) is 62.2 Å². The van der Waals surface area contributed by atoms with Gasteiger partial charge >= 0.3 is 0 Å². The van der Waals surface area contributed by atoms with Crippen molar-refractivity contribution >= 4 is 17.4 Å². The molecule has 0 saturated carbocycles. The molecule has 4 heterocycles. The Balaban J connectivity index is 1.47. The van der Waals surface area contributed by atoms with Gasteiger partial charge in [0, 0.05) is 36.8 Å². The van der Waals surface area contributed by atoms with E-state index in [1.807, 2.05) is 27.3 Å². The summed E-state index contributed by atoms with van der Waals surface area (Å²) in [5, 5.41) is 8.92.